The minimum absolute atomic E-state index is 0.0377. The monoisotopic (exact) mass is 440 g/mol. The number of ether oxygens (including phenoxy) is 1. The number of H-pyrrole nitrogens is 1. The topological polar surface area (TPSA) is 89.8 Å². The van der Waals surface area contributed by atoms with Gasteiger partial charge in [0.05, 0.1) is 24.6 Å². The minimum atomic E-state index is -4.49. The molecule has 0 bridgehead atoms. The molecule has 0 saturated carbocycles. The van der Waals surface area contributed by atoms with Crippen molar-refractivity contribution < 1.29 is 22.7 Å². The molecular formula is C18H19F3N6O2S. The van der Waals surface area contributed by atoms with Crippen molar-refractivity contribution >= 4 is 18.1 Å². The van der Waals surface area contributed by atoms with Gasteiger partial charge in [-0.15, -0.1) is 0 Å². The van der Waals surface area contributed by atoms with Crippen LogP contribution in [0.5, 0.6) is 5.75 Å². The summed E-state index contributed by atoms with van der Waals surface area (Å²) in [6.07, 6.45) is -2.70. The SMILES string of the molecule is CCn1c(CCNC(=O)c2nn(-c3cccc(C(F)(F)F)c3)cc2OC)n[nH]c1=S. The van der Waals surface area contributed by atoms with Gasteiger partial charge in [-0.2, -0.15) is 23.4 Å². The van der Waals surface area contributed by atoms with Gasteiger partial charge in [-0.05, 0) is 37.3 Å². The first kappa shape index (κ1) is 21.6. The number of hydrogen-bond acceptors (Lipinski definition) is 5. The Balaban J connectivity index is 1.75. The van der Waals surface area contributed by atoms with Gasteiger partial charge in [-0.3, -0.25) is 9.89 Å². The van der Waals surface area contributed by atoms with Crippen molar-refractivity contribution in [2.45, 2.75) is 26.1 Å². The molecule has 0 unspecified atom stereocenters. The number of amides is 1. The predicted molar refractivity (Wildman–Crippen MR) is 104 cm³/mol. The van der Waals surface area contributed by atoms with Gasteiger partial charge in [0, 0.05) is 19.5 Å². The second kappa shape index (κ2) is 8.69. The normalized spacial score (nSPS) is 11.5. The molecule has 0 aliphatic rings. The van der Waals surface area contributed by atoms with E-state index >= 15 is 0 Å². The molecule has 2 heterocycles. The lowest BCUT2D eigenvalue weighted by atomic mass is 10.2. The van der Waals surface area contributed by atoms with Crippen molar-refractivity contribution in [2.24, 2.45) is 0 Å². The summed E-state index contributed by atoms with van der Waals surface area (Å²) < 4.78 is 47.5. The van der Waals surface area contributed by atoms with E-state index in [2.05, 4.69) is 20.6 Å². The van der Waals surface area contributed by atoms with Crippen molar-refractivity contribution in [3.8, 4) is 11.4 Å². The van der Waals surface area contributed by atoms with Crippen LogP contribution in [0.2, 0.25) is 0 Å². The highest BCUT2D eigenvalue weighted by atomic mass is 32.1. The van der Waals surface area contributed by atoms with Crippen molar-refractivity contribution in [1.82, 2.24) is 29.9 Å². The van der Waals surface area contributed by atoms with Crippen LogP contribution >= 0.6 is 12.2 Å². The third-order valence-electron chi connectivity index (χ3n) is 4.34. The van der Waals surface area contributed by atoms with Gasteiger partial charge in [0.25, 0.3) is 5.91 Å². The summed E-state index contributed by atoms with van der Waals surface area (Å²) >= 11 is 5.12. The standard InChI is InChI=1S/C18H19F3N6O2S/c1-3-26-14(23-24-17(26)30)7-8-22-16(28)15-13(29-2)10-27(25-15)12-6-4-5-11(9-12)18(19,20)21/h4-6,9-10H,3,7-8H2,1-2H3,(H,22,28)(H,24,30). The number of halogens is 3. The van der Waals surface area contributed by atoms with Crippen LogP contribution in [0.15, 0.2) is 30.5 Å². The number of rotatable bonds is 7. The summed E-state index contributed by atoms with van der Waals surface area (Å²) in [7, 11) is 1.35. The lowest BCUT2D eigenvalue weighted by molar-refractivity contribution is -0.137. The first-order chi connectivity index (χ1) is 14.2. The van der Waals surface area contributed by atoms with Crippen LogP contribution in [0.4, 0.5) is 13.2 Å². The van der Waals surface area contributed by atoms with E-state index in [9.17, 15) is 18.0 Å². The van der Waals surface area contributed by atoms with Crippen LogP contribution < -0.4 is 10.1 Å². The Hall–Kier alpha value is -3.15. The molecule has 160 valence electrons. The first-order valence-electron chi connectivity index (χ1n) is 8.98. The van der Waals surface area contributed by atoms with Gasteiger partial charge >= 0.3 is 6.18 Å². The number of alkyl halides is 3. The van der Waals surface area contributed by atoms with Crippen molar-refractivity contribution in [3.05, 3.63) is 52.3 Å². The first-order valence-corrected chi connectivity index (χ1v) is 9.39. The molecule has 0 radical (unpaired) electrons. The molecule has 0 fully saturated rings. The van der Waals surface area contributed by atoms with Crippen LogP contribution in [-0.4, -0.2) is 44.1 Å². The molecule has 1 aromatic carbocycles. The van der Waals surface area contributed by atoms with Crippen LogP contribution in [0.3, 0.4) is 0 Å². The molecular weight excluding hydrogens is 421 g/mol. The molecule has 3 rings (SSSR count). The van der Waals surface area contributed by atoms with Gasteiger partial charge in [-0.25, -0.2) is 4.68 Å². The van der Waals surface area contributed by atoms with E-state index in [-0.39, 0.29) is 23.7 Å². The summed E-state index contributed by atoms with van der Waals surface area (Å²) in [5, 5.41) is 13.6. The molecule has 0 aliphatic carbocycles. The molecule has 2 aromatic heterocycles. The van der Waals surface area contributed by atoms with E-state index in [0.717, 1.165) is 12.1 Å². The lowest BCUT2D eigenvalue weighted by Gasteiger charge is -2.08. The maximum atomic E-state index is 13.0. The van der Waals surface area contributed by atoms with Crippen LogP contribution in [-0.2, 0) is 19.1 Å². The van der Waals surface area contributed by atoms with E-state index in [1.807, 2.05) is 11.5 Å². The summed E-state index contributed by atoms with van der Waals surface area (Å²) in [6.45, 7) is 2.84. The Morgan fingerprint density at radius 2 is 2.13 bits per heavy atom. The van der Waals surface area contributed by atoms with Crippen molar-refractivity contribution in [1.29, 1.82) is 0 Å². The van der Waals surface area contributed by atoms with Crippen LogP contribution in [0.1, 0.15) is 28.8 Å². The summed E-state index contributed by atoms with van der Waals surface area (Å²) in [5.74, 6) is 0.320. The number of benzene rings is 1. The number of aromatic amines is 1. The smallest absolute Gasteiger partial charge is 0.416 e. The van der Waals surface area contributed by atoms with E-state index in [0.29, 0.717) is 23.6 Å². The molecule has 30 heavy (non-hydrogen) atoms. The highest BCUT2D eigenvalue weighted by molar-refractivity contribution is 7.71. The predicted octanol–water partition coefficient (Wildman–Crippen LogP) is 3.15. The average molecular weight is 440 g/mol. The quantitative estimate of drug-likeness (QED) is 0.551. The second-order valence-corrected chi connectivity index (χ2v) is 6.62. The Kier molecular flexibility index (Phi) is 6.25. The third-order valence-corrected chi connectivity index (χ3v) is 4.65. The van der Waals surface area contributed by atoms with Gasteiger partial charge in [-0.1, -0.05) is 6.07 Å². The maximum absolute atomic E-state index is 13.0. The fourth-order valence-corrected chi connectivity index (χ4v) is 3.14. The summed E-state index contributed by atoms with van der Waals surface area (Å²) in [4.78, 5) is 12.5. The molecule has 0 saturated heterocycles. The molecule has 3 aromatic rings. The van der Waals surface area contributed by atoms with Crippen LogP contribution in [0, 0.1) is 4.77 Å². The third kappa shape index (κ3) is 4.53. The minimum Gasteiger partial charge on any atom is -0.493 e. The summed E-state index contributed by atoms with van der Waals surface area (Å²) in [6, 6.07) is 4.63. The number of aromatic nitrogens is 5. The zero-order valence-electron chi connectivity index (χ0n) is 16.2. The molecule has 1 amide bonds. The molecule has 12 heteroatoms. The second-order valence-electron chi connectivity index (χ2n) is 6.23. The van der Waals surface area contributed by atoms with Crippen molar-refractivity contribution in [3.63, 3.8) is 0 Å². The fourth-order valence-electron chi connectivity index (χ4n) is 2.86. The molecule has 0 atom stereocenters. The van der Waals surface area contributed by atoms with E-state index < -0.39 is 17.6 Å². The lowest BCUT2D eigenvalue weighted by Crippen LogP contribution is -2.27. The van der Waals surface area contributed by atoms with E-state index in [1.54, 1.807) is 0 Å². The highest BCUT2D eigenvalue weighted by Gasteiger charge is 2.30. The Morgan fingerprint density at radius 1 is 1.37 bits per heavy atom. The van der Waals surface area contributed by atoms with E-state index in [4.69, 9.17) is 17.0 Å². The molecule has 0 aliphatic heterocycles. The van der Waals surface area contributed by atoms with Gasteiger partial charge in [0.1, 0.15) is 5.82 Å². The number of hydrogen-bond donors (Lipinski definition) is 2. The molecule has 0 spiro atoms. The molecule has 2 N–H and O–H groups in total. The number of methoxy groups -OCH3 is 1. The maximum Gasteiger partial charge on any atom is 0.416 e. The van der Waals surface area contributed by atoms with Gasteiger partial charge in [0.2, 0.25) is 0 Å². The zero-order chi connectivity index (χ0) is 21.9. The van der Waals surface area contributed by atoms with Crippen molar-refractivity contribution in [2.75, 3.05) is 13.7 Å². The van der Waals surface area contributed by atoms with Crippen LogP contribution in [0.25, 0.3) is 5.69 Å². The van der Waals surface area contributed by atoms with Gasteiger partial charge in [0.15, 0.2) is 16.2 Å². The fraction of sp³-hybridized carbons (Fsp3) is 0.333. The Bertz CT molecular complexity index is 1100. The Morgan fingerprint density at radius 3 is 2.80 bits per heavy atom. The number of nitrogens with zero attached hydrogens (tertiary/aromatic N) is 4. The highest BCUT2D eigenvalue weighted by Crippen LogP contribution is 2.30. The summed E-state index contributed by atoms with van der Waals surface area (Å²) in [5.41, 5.74) is -0.699. The van der Waals surface area contributed by atoms with E-state index in [1.165, 1.54) is 30.1 Å². The number of nitrogens with one attached hydrogen (secondary N) is 2. The molecule has 8 nitrogen and oxygen atoms in total. The number of carbonyl (C=O) groups is 1. The zero-order valence-corrected chi connectivity index (χ0v) is 17.0. The largest absolute Gasteiger partial charge is 0.493 e. The number of carbonyl (C=O) groups excluding carboxylic acids is 1. The average Bonchev–Trinajstić information content (AvgIpc) is 3.30. The van der Waals surface area contributed by atoms with Gasteiger partial charge < -0.3 is 14.6 Å². The Labute approximate surface area is 174 Å².